The summed E-state index contributed by atoms with van der Waals surface area (Å²) in [4.78, 5) is 47.2. The Kier molecular flexibility index (Phi) is 5.92. The molecule has 1 aromatic heterocycles. The number of nitrogens with zero attached hydrogens (tertiary/aromatic N) is 3. The third-order valence-corrected chi connectivity index (χ3v) is 7.07. The lowest BCUT2D eigenvalue weighted by Gasteiger charge is -2.26. The van der Waals surface area contributed by atoms with Crippen molar-refractivity contribution in [3.05, 3.63) is 82.4 Å². The number of anilines is 1. The summed E-state index contributed by atoms with van der Waals surface area (Å²) in [5.74, 6) is -0.573. The molecule has 0 radical (unpaired) electrons. The molecular weight excluding hydrogens is 436 g/mol. The van der Waals surface area contributed by atoms with Crippen molar-refractivity contribution in [3.63, 3.8) is 0 Å². The first-order valence-electron chi connectivity index (χ1n) is 11.0. The van der Waals surface area contributed by atoms with Crippen LogP contribution in [0, 0.1) is 5.92 Å². The molecule has 2 aliphatic heterocycles. The van der Waals surface area contributed by atoms with Crippen molar-refractivity contribution in [1.29, 1.82) is 0 Å². The molecule has 1 atom stereocenters. The van der Waals surface area contributed by atoms with Crippen LogP contribution in [0.5, 0.6) is 0 Å². The molecule has 5 rings (SSSR count). The Labute approximate surface area is 196 Å². The number of carbonyl (C=O) groups excluding carboxylic acids is 3. The van der Waals surface area contributed by atoms with Gasteiger partial charge in [-0.25, -0.2) is 4.98 Å². The van der Waals surface area contributed by atoms with Gasteiger partial charge in [0.2, 0.25) is 11.8 Å². The van der Waals surface area contributed by atoms with Crippen molar-refractivity contribution < 1.29 is 14.4 Å². The molecule has 1 unspecified atom stereocenters. The lowest BCUT2D eigenvalue weighted by Crippen LogP contribution is -2.35. The van der Waals surface area contributed by atoms with E-state index in [1.165, 1.54) is 11.3 Å². The highest BCUT2D eigenvalue weighted by molar-refractivity contribution is 7.15. The quantitative estimate of drug-likeness (QED) is 0.633. The summed E-state index contributed by atoms with van der Waals surface area (Å²) in [5.41, 5.74) is 2.65. The molecule has 8 heteroatoms. The van der Waals surface area contributed by atoms with Gasteiger partial charge in [0.15, 0.2) is 5.13 Å². The van der Waals surface area contributed by atoms with Crippen LogP contribution in [0.3, 0.4) is 0 Å². The fourth-order valence-corrected chi connectivity index (χ4v) is 5.32. The highest BCUT2D eigenvalue weighted by atomic mass is 32.1. The van der Waals surface area contributed by atoms with Gasteiger partial charge < -0.3 is 15.1 Å². The SMILES string of the molecule is O=C(Nc1nc2c(s1)CN(C(=O)c1ccccc1)CC2)C1CC(=O)N(Cc2ccccc2)C1. The first-order chi connectivity index (χ1) is 16.1. The molecule has 2 aliphatic rings. The van der Waals surface area contributed by atoms with Crippen molar-refractivity contribution in [2.24, 2.45) is 5.92 Å². The van der Waals surface area contributed by atoms with Crippen LogP contribution in [0.4, 0.5) is 5.13 Å². The predicted octanol–water partition coefficient (Wildman–Crippen LogP) is 3.33. The van der Waals surface area contributed by atoms with E-state index in [1.54, 1.807) is 4.90 Å². The van der Waals surface area contributed by atoms with E-state index in [0.717, 1.165) is 16.1 Å². The minimum absolute atomic E-state index is 0.00297. The molecule has 3 heterocycles. The second-order valence-corrected chi connectivity index (χ2v) is 9.47. The Morgan fingerprint density at radius 3 is 2.55 bits per heavy atom. The Bertz CT molecular complexity index is 1180. The van der Waals surface area contributed by atoms with Gasteiger partial charge in [0, 0.05) is 42.9 Å². The maximum absolute atomic E-state index is 12.8. The van der Waals surface area contributed by atoms with E-state index in [9.17, 15) is 14.4 Å². The van der Waals surface area contributed by atoms with Crippen LogP contribution >= 0.6 is 11.3 Å². The predicted molar refractivity (Wildman–Crippen MR) is 126 cm³/mol. The van der Waals surface area contributed by atoms with E-state index in [-0.39, 0.29) is 24.1 Å². The zero-order chi connectivity index (χ0) is 22.8. The van der Waals surface area contributed by atoms with Gasteiger partial charge in [-0.2, -0.15) is 0 Å². The van der Waals surface area contributed by atoms with E-state index in [4.69, 9.17) is 0 Å². The minimum atomic E-state index is -0.390. The van der Waals surface area contributed by atoms with Gasteiger partial charge in [0.05, 0.1) is 18.2 Å². The smallest absolute Gasteiger partial charge is 0.254 e. The first kappa shape index (κ1) is 21.3. The van der Waals surface area contributed by atoms with Gasteiger partial charge in [0.1, 0.15) is 0 Å². The third-order valence-electron chi connectivity index (χ3n) is 6.07. The number of benzene rings is 2. The zero-order valence-corrected chi connectivity index (χ0v) is 18.9. The monoisotopic (exact) mass is 460 g/mol. The van der Waals surface area contributed by atoms with Gasteiger partial charge in [0.25, 0.3) is 5.91 Å². The summed E-state index contributed by atoms with van der Waals surface area (Å²) in [5, 5.41) is 3.44. The largest absolute Gasteiger partial charge is 0.338 e. The Hall–Kier alpha value is -3.52. The number of hydrogen-bond donors (Lipinski definition) is 1. The molecule has 1 fully saturated rings. The first-order valence-corrected chi connectivity index (χ1v) is 11.8. The summed E-state index contributed by atoms with van der Waals surface area (Å²) in [6.45, 7) is 2.01. The summed E-state index contributed by atoms with van der Waals surface area (Å²) in [6, 6.07) is 19.0. The maximum Gasteiger partial charge on any atom is 0.254 e. The standard InChI is InChI=1S/C25H24N4O3S/c30-22-13-19(15-29(22)14-17-7-3-1-4-8-17)23(31)27-25-26-20-11-12-28(16-21(20)33-25)24(32)18-9-5-2-6-10-18/h1-10,19H,11-16H2,(H,26,27,31). The summed E-state index contributed by atoms with van der Waals surface area (Å²) in [6.07, 6.45) is 0.871. The maximum atomic E-state index is 12.8. The lowest BCUT2D eigenvalue weighted by atomic mass is 10.1. The van der Waals surface area contributed by atoms with Crippen molar-refractivity contribution in [3.8, 4) is 0 Å². The number of rotatable bonds is 5. The molecule has 3 amide bonds. The number of carbonyl (C=O) groups is 3. The fourth-order valence-electron chi connectivity index (χ4n) is 4.30. The number of likely N-dealkylation sites (tertiary alicyclic amines) is 1. The third kappa shape index (κ3) is 4.66. The highest BCUT2D eigenvalue weighted by Gasteiger charge is 2.35. The minimum Gasteiger partial charge on any atom is -0.338 e. The highest BCUT2D eigenvalue weighted by Crippen LogP contribution is 2.30. The second kappa shape index (κ2) is 9.15. The van der Waals surface area contributed by atoms with E-state index < -0.39 is 5.92 Å². The van der Waals surface area contributed by atoms with Crippen LogP contribution in [0.15, 0.2) is 60.7 Å². The molecule has 0 aliphatic carbocycles. The normalized spacial score (nSPS) is 17.7. The van der Waals surface area contributed by atoms with Crippen molar-refractivity contribution in [1.82, 2.24) is 14.8 Å². The average Bonchev–Trinajstić information content (AvgIpc) is 3.42. The molecule has 0 spiro atoms. The average molecular weight is 461 g/mol. The number of fused-ring (bicyclic) bond motifs is 1. The Morgan fingerprint density at radius 1 is 1.06 bits per heavy atom. The Balaban J connectivity index is 1.20. The van der Waals surface area contributed by atoms with Gasteiger partial charge >= 0.3 is 0 Å². The van der Waals surface area contributed by atoms with Crippen LogP contribution < -0.4 is 5.32 Å². The second-order valence-electron chi connectivity index (χ2n) is 8.38. The lowest BCUT2D eigenvalue weighted by molar-refractivity contribution is -0.128. The molecule has 3 aromatic rings. The van der Waals surface area contributed by atoms with E-state index >= 15 is 0 Å². The number of thiazole rings is 1. The molecule has 2 aromatic carbocycles. The molecule has 33 heavy (non-hydrogen) atoms. The zero-order valence-electron chi connectivity index (χ0n) is 18.1. The summed E-state index contributed by atoms with van der Waals surface area (Å²) >= 11 is 1.41. The molecule has 1 N–H and O–H groups in total. The van der Waals surface area contributed by atoms with Crippen molar-refractivity contribution >= 4 is 34.2 Å². The van der Waals surface area contributed by atoms with Gasteiger partial charge in [-0.3, -0.25) is 14.4 Å². The van der Waals surface area contributed by atoms with Crippen LogP contribution in [0.2, 0.25) is 0 Å². The van der Waals surface area contributed by atoms with Gasteiger partial charge in [-0.05, 0) is 17.7 Å². The van der Waals surface area contributed by atoms with E-state index in [0.29, 0.717) is 43.3 Å². The topological polar surface area (TPSA) is 82.6 Å². The van der Waals surface area contributed by atoms with Crippen molar-refractivity contribution in [2.75, 3.05) is 18.4 Å². The van der Waals surface area contributed by atoms with Gasteiger partial charge in [-0.15, -0.1) is 0 Å². The van der Waals surface area contributed by atoms with Crippen LogP contribution in [0.25, 0.3) is 0 Å². The van der Waals surface area contributed by atoms with Crippen molar-refractivity contribution in [2.45, 2.75) is 25.9 Å². The van der Waals surface area contributed by atoms with Crippen LogP contribution in [0.1, 0.15) is 32.9 Å². The Morgan fingerprint density at radius 2 is 1.79 bits per heavy atom. The number of aromatic nitrogens is 1. The van der Waals surface area contributed by atoms with E-state index in [1.807, 2.05) is 65.6 Å². The molecule has 0 saturated carbocycles. The summed E-state index contributed by atoms with van der Waals surface area (Å²) < 4.78 is 0. The molecule has 168 valence electrons. The van der Waals surface area contributed by atoms with Crippen LogP contribution in [-0.4, -0.2) is 45.6 Å². The fraction of sp³-hybridized carbons (Fsp3) is 0.280. The molecule has 0 bridgehead atoms. The number of nitrogens with one attached hydrogen (secondary N) is 1. The van der Waals surface area contributed by atoms with Gasteiger partial charge in [-0.1, -0.05) is 59.9 Å². The number of amides is 3. The molecular formula is C25H24N4O3S. The molecule has 7 nitrogen and oxygen atoms in total. The summed E-state index contributed by atoms with van der Waals surface area (Å²) in [7, 11) is 0. The molecule has 1 saturated heterocycles. The van der Waals surface area contributed by atoms with Crippen LogP contribution in [-0.2, 0) is 29.1 Å². The van der Waals surface area contributed by atoms with E-state index in [2.05, 4.69) is 10.3 Å². The number of hydrogen-bond acceptors (Lipinski definition) is 5.